The molecule has 2 heterocycles. The monoisotopic (exact) mass is 184 g/mol. The summed E-state index contributed by atoms with van der Waals surface area (Å²) in [6.45, 7) is 1.70. The number of rotatable bonds is 3. The Hall–Kier alpha value is -1.21. The van der Waals surface area contributed by atoms with Crippen molar-refractivity contribution in [2.24, 2.45) is 7.05 Å². The van der Waals surface area contributed by atoms with Gasteiger partial charge in [0.25, 0.3) is 0 Å². The van der Waals surface area contributed by atoms with Crippen molar-refractivity contribution in [1.82, 2.24) is 25.5 Å². The standard InChI is InChI=1S/C6H12N6O/c1-12-5(9-10-11-12)8-4-6(13)2-7-3-6/h7,13H,2-4H2,1H3,(H,8,9,11). The van der Waals surface area contributed by atoms with Gasteiger partial charge in [0.2, 0.25) is 5.95 Å². The maximum atomic E-state index is 9.70. The van der Waals surface area contributed by atoms with Gasteiger partial charge >= 0.3 is 0 Å². The minimum absolute atomic E-state index is 0.466. The summed E-state index contributed by atoms with van der Waals surface area (Å²) in [6, 6.07) is 0. The molecule has 0 aliphatic carbocycles. The number of aryl methyl sites for hydroxylation is 1. The summed E-state index contributed by atoms with van der Waals surface area (Å²) in [5.74, 6) is 0.570. The average molecular weight is 184 g/mol. The maximum absolute atomic E-state index is 9.70. The van der Waals surface area contributed by atoms with Gasteiger partial charge in [0.15, 0.2) is 0 Å². The summed E-state index contributed by atoms with van der Waals surface area (Å²) in [5, 5.41) is 26.5. The topological polar surface area (TPSA) is 87.9 Å². The minimum Gasteiger partial charge on any atom is -0.385 e. The first-order valence-corrected chi connectivity index (χ1v) is 4.09. The lowest BCUT2D eigenvalue weighted by Gasteiger charge is -2.37. The zero-order valence-electron chi connectivity index (χ0n) is 7.36. The van der Waals surface area contributed by atoms with Crippen molar-refractivity contribution in [2.75, 3.05) is 25.0 Å². The molecule has 7 nitrogen and oxygen atoms in total. The Labute approximate surface area is 75.1 Å². The zero-order valence-corrected chi connectivity index (χ0v) is 7.36. The van der Waals surface area contributed by atoms with Gasteiger partial charge in [-0.1, -0.05) is 5.10 Å². The molecule has 2 rings (SSSR count). The third kappa shape index (κ3) is 1.61. The first-order valence-electron chi connectivity index (χ1n) is 4.09. The van der Waals surface area contributed by atoms with Gasteiger partial charge in [-0.25, -0.2) is 4.68 Å². The molecule has 0 amide bonds. The molecule has 1 aliphatic heterocycles. The first kappa shape index (κ1) is 8.39. The van der Waals surface area contributed by atoms with E-state index in [2.05, 4.69) is 26.2 Å². The van der Waals surface area contributed by atoms with E-state index in [1.54, 1.807) is 7.05 Å². The van der Waals surface area contributed by atoms with E-state index >= 15 is 0 Å². The number of tetrazole rings is 1. The summed E-state index contributed by atoms with van der Waals surface area (Å²) in [7, 11) is 1.74. The molecule has 0 saturated carbocycles. The normalized spacial score (nSPS) is 19.5. The number of β-amino-alcohol motifs (C(OH)–C–C–N with tert-alkyl or cyclic N) is 1. The smallest absolute Gasteiger partial charge is 0.242 e. The van der Waals surface area contributed by atoms with E-state index in [9.17, 15) is 5.11 Å². The zero-order chi connectivity index (χ0) is 9.31. The van der Waals surface area contributed by atoms with Gasteiger partial charge in [-0.05, 0) is 10.4 Å². The van der Waals surface area contributed by atoms with Crippen LogP contribution in [0, 0.1) is 0 Å². The molecule has 1 aliphatic rings. The highest BCUT2D eigenvalue weighted by molar-refractivity contribution is 5.23. The molecule has 13 heavy (non-hydrogen) atoms. The van der Waals surface area contributed by atoms with Crippen LogP contribution >= 0.6 is 0 Å². The lowest BCUT2D eigenvalue weighted by Crippen LogP contribution is -2.63. The predicted octanol–water partition coefficient (Wildman–Crippen LogP) is -2.04. The Morgan fingerprint density at radius 1 is 1.69 bits per heavy atom. The van der Waals surface area contributed by atoms with Crippen molar-refractivity contribution in [3.63, 3.8) is 0 Å². The van der Waals surface area contributed by atoms with Crippen LogP contribution in [0.4, 0.5) is 5.95 Å². The van der Waals surface area contributed by atoms with Crippen molar-refractivity contribution < 1.29 is 5.11 Å². The Kier molecular flexibility index (Phi) is 1.89. The van der Waals surface area contributed by atoms with Gasteiger partial charge < -0.3 is 15.7 Å². The van der Waals surface area contributed by atoms with Gasteiger partial charge in [-0.2, -0.15) is 0 Å². The fourth-order valence-corrected chi connectivity index (χ4v) is 1.16. The molecule has 0 spiro atoms. The Bertz CT molecular complexity index is 293. The average Bonchev–Trinajstić information content (AvgIpc) is 2.44. The molecule has 7 heteroatoms. The van der Waals surface area contributed by atoms with Gasteiger partial charge in [-0.15, -0.1) is 0 Å². The fraction of sp³-hybridized carbons (Fsp3) is 0.833. The van der Waals surface area contributed by atoms with Crippen LogP contribution in [-0.4, -0.2) is 50.5 Å². The van der Waals surface area contributed by atoms with Crippen LogP contribution in [0.3, 0.4) is 0 Å². The quantitative estimate of drug-likeness (QED) is 0.501. The van der Waals surface area contributed by atoms with Crippen LogP contribution in [0.25, 0.3) is 0 Å². The molecular weight excluding hydrogens is 172 g/mol. The second-order valence-electron chi connectivity index (χ2n) is 3.31. The molecule has 1 saturated heterocycles. The first-order chi connectivity index (χ1) is 6.20. The van der Waals surface area contributed by atoms with Crippen molar-refractivity contribution in [2.45, 2.75) is 5.60 Å². The number of nitrogens with one attached hydrogen (secondary N) is 2. The number of hydrogen-bond donors (Lipinski definition) is 3. The lowest BCUT2D eigenvalue weighted by molar-refractivity contribution is 0.00294. The van der Waals surface area contributed by atoms with E-state index in [0.29, 0.717) is 25.6 Å². The molecule has 0 aromatic carbocycles. The van der Waals surface area contributed by atoms with Crippen LogP contribution in [0.2, 0.25) is 0 Å². The summed E-state index contributed by atoms with van der Waals surface area (Å²) in [6.07, 6.45) is 0. The number of hydrogen-bond acceptors (Lipinski definition) is 6. The van der Waals surface area contributed by atoms with Crippen molar-refractivity contribution in [3.05, 3.63) is 0 Å². The van der Waals surface area contributed by atoms with Crippen LogP contribution < -0.4 is 10.6 Å². The molecule has 0 radical (unpaired) electrons. The summed E-state index contributed by atoms with van der Waals surface area (Å²) in [5.41, 5.74) is -0.647. The Morgan fingerprint density at radius 3 is 2.92 bits per heavy atom. The minimum atomic E-state index is -0.647. The third-order valence-electron chi connectivity index (χ3n) is 2.10. The van der Waals surface area contributed by atoms with E-state index in [4.69, 9.17) is 0 Å². The maximum Gasteiger partial charge on any atom is 0.242 e. The van der Waals surface area contributed by atoms with Crippen LogP contribution in [0.5, 0.6) is 0 Å². The summed E-state index contributed by atoms with van der Waals surface area (Å²) in [4.78, 5) is 0. The highest BCUT2D eigenvalue weighted by Gasteiger charge is 2.34. The molecule has 0 bridgehead atoms. The lowest BCUT2D eigenvalue weighted by atomic mass is 9.98. The van der Waals surface area contributed by atoms with Gasteiger partial charge in [-0.3, -0.25) is 0 Å². The van der Waals surface area contributed by atoms with E-state index < -0.39 is 5.60 Å². The Balaban J connectivity index is 1.89. The second kappa shape index (κ2) is 2.93. The van der Waals surface area contributed by atoms with Crippen LogP contribution in [0.1, 0.15) is 0 Å². The van der Waals surface area contributed by atoms with Gasteiger partial charge in [0, 0.05) is 26.7 Å². The van der Waals surface area contributed by atoms with Crippen molar-refractivity contribution >= 4 is 5.95 Å². The molecule has 1 aromatic heterocycles. The number of nitrogens with zero attached hydrogens (tertiary/aromatic N) is 4. The predicted molar refractivity (Wildman–Crippen MR) is 45.1 cm³/mol. The highest BCUT2D eigenvalue weighted by Crippen LogP contribution is 2.10. The number of aromatic nitrogens is 4. The number of anilines is 1. The summed E-state index contributed by atoms with van der Waals surface area (Å²) < 4.78 is 1.52. The summed E-state index contributed by atoms with van der Waals surface area (Å²) >= 11 is 0. The van der Waals surface area contributed by atoms with Crippen LogP contribution in [0.15, 0.2) is 0 Å². The van der Waals surface area contributed by atoms with E-state index in [1.807, 2.05) is 0 Å². The molecule has 1 aromatic rings. The number of aliphatic hydroxyl groups is 1. The van der Waals surface area contributed by atoms with Crippen LogP contribution in [-0.2, 0) is 7.05 Å². The molecule has 72 valence electrons. The molecular formula is C6H12N6O. The SMILES string of the molecule is Cn1nnnc1NCC1(O)CNC1. The van der Waals surface area contributed by atoms with Crippen molar-refractivity contribution in [1.29, 1.82) is 0 Å². The Morgan fingerprint density at radius 2 is 2.46 bits per heavy atom. The molecule has 3 N–H and O–H groups in total. The van der Waals surface area contributed by atoms with E-state index in [1.165, 1.54) is 4.68 Å². The fourth-order valence-electron chi connectivity index (χ4n) is 1.16. The van der Waals surface area contributed by atoms with Gasteiger partial charge in [0.1, 0.15) is 5.60 Å². The van der Waals surface area contributed by atoms with Crippen molar-refractivity contribution in [3.8, 4) is 0 Å². The van der Waals surface area contributed by atoms with E-state index in [0.717, 1.165) is 0 Å². The largest absolute Gasteiger partial charge is 0.385 e. The molecule has 1 fully saturated rings. The highest BCUT2D eigenvalue weighted by atomic mass is 16.3. The third-order valence-corrected chi connectivity index (χ3v) is 2.10. The molecule has 0 atom stereocenters. The van der Waals surface area contributed by atoms with E-state index in [-0.39, 0.29) is 0 Å². The van der Waals surface area contributed by atoms with Gasteiger partial charge in [0.05, 0.1) is 0 Å². The molecule has 0 unspecified atom stereocenters. The second-order valence-corrected chi connectivity index (χ2v) is 3.31.